The summed E-state index contributed by atoms with van der Waals surface area (Å²) in [6.45, 7) is 3.52. The summed E-state index contributed by atoms with van der Waals surface area (Å²) >= 11 is 0. The van der Waals surface area contributed by atoms with E-state index in [4.69, 9.17) is 0 Å². The van der Waals surface area contributed by atoms with Crippen LogP contribution in [-0.4, -0.2) is 40.6 Å². The van der Waals surface area contributed by atoms with Crippen molar-refractivity contribution in [2.24, 2.45) is 5.92 Å². The first kappa shape index (κ1) is 11.0. The zero-order chi connectivity index (χ0) is 11.5. The summed E-state index contributed by atoms with van der Waals surface area (Å²) in [5.74, 6) is 0.854. The van der Waals surface area contributed by atoms with E-state index in [-0.39, 0.29) is 12.0 Å². The number of piperidine rings is 1. The zero-order valence-corrected chi connectivity index (χ0v) is 9.21. The molecule has 0 aliphatic carbocycles. The van der Waals surface area contributed by atoms with Gasteiger partial charge in [0.25, 0.3) is 0 Å². The highest BCUT2D eigenvalue weighted by atomic mass is 16.3. The zero-order valence-electron chi connectivity index (χ0n) is 9.21. The molecule has 2 heterocycles. The van der Waals surface area contributed by atoms with Crippen molar-refractivity contribution in [3.63, 3.8) is 0 Å². The first-order chi connectivity index (χ1) is 7.70. The van der Waals surface area contributed by atoms with Crippen molar-refractivity contribution in [2.45, 2.75) is 19.4 Å². The van der Waals surface area contributed by atoms with Crippen LogP contribution in [0.25, 0.3) is 0 Å². The molecule has 1 aliphatic heterocycles. The summed E-state index contributed by atoms with van der Waals surface area (Å²) in [4.78, 5) is 20.8. The fraction of sp³-hybridized carbons (Fsp3) is 0.545. The van der Waals surface area contributed by atoms with Gasteiger partial charge in [-0.15, -0.1) is 0 Å². The molecule has 1 aromatic heterocycles. The Hall–Kier alpha value is -1.49. The molecule has 1 saturated heterocycles. The number of aliphatic hydroxyl groups excluding tert-OH is 1. The monoisotopic (exact) mass is 221 g/mol. The average molecular weight is 221 g/mol. The molecule has 0 saturated carbocycles. The van der Waals surface area contributed by atoms with E-state index in [0.29, 0.717) is 11.5 Å². The van der Waals surface area contributed by atoms with E-state index in [2.05, 4.69) is 9.97 Å². The highest BCUT2D eigenvalue weighted by molar-refractivity contribution is 5.73. The van der Waals surface area contributed by atoms with Crippen molar-refractivity contribution >= 4 is 12.2 Å². The van der Waals surface area contributed by atoms with Gasteiger partial charge in [-0.2, -0.15) is 0 Å². The van der Waals surface area contributed by atoms with Crippen LogP contribution in [0.5, 0.6) is 0 Å². The van der Waals surface area contributed by atoms with Gasteiger partial charge < -0.3 is 10.0 Å². The molecule has 0 bridgehead atoms. The van der Waals surface area contributed by atoms with Crippen LogP contribution in [0.15, 0.2) is 12.4 Å². The molecule has 1 aliphatic rings. The number of hydrogen-bond donors (Lipinski definition) is 1. The van der Waals surface area contributed by atoms with E-state index in [9.17, 15) is 9.90 Å². The van der Waals surface area contributed by atoms with E-state index in [0.717, 1.165) is 25.8 Å². The van der Waals surface area contributed by atoms with Crippen molar-refractivity contribution < 1.29 is 9.90 Å². The standard InChI is InChI=1S/C11H15N3O2/c1-8-6-14(3-2-10(8)16)11-12-4-9(7-15)5-13-11/h4-5,7-8,10,16H,2-3,6H2,1H3. The number of aldehydes is 1. The Kier molecular flexibility index (Phi) is 3.14. The lowest BCUT2D eigenvalue weighted by atomic mass is 9.97. The maximum atomic E-state index is 10.5. The van der Waals surface area contributed by atoms with Gasteiger partial charge in [-0.3, -0.25) is 4.79 Å². The minimum Gasteiger partial charge on any atom is -0.393 e. The molecule has 1 fully saturated rings. The van der Waals surface area contributed by atoms with Crippen LogP contribution in [0.1, 0.15) is 23.7 Å². The summed E-state index contributed by atoms with van der Waals surface area (Å²) in [6, 6.07) is 0. The van der Waals surface area contributed by atoms with Crippen LogP contribution in [0, 0.1) is 5.92 Å². The van der Waals surface area contributed by atoms with Gasteiger partial charge in [0.2, 0.25) is 5.95 Å². The molecule has 1 aromatic rings. The predicted octanol–water partition coefficient (Wildman–Crippen LogP) is 0.496. The summed E-state index contributed by atoms with van der Waals surface area (Å²) in [5, 5.41) is 9.61. The van der Waals surface area contributed by atoms with E-state index >= 15 is 0 Å². The van der Waals surface area contributed by atoms with E-state index in [1.165, 1.54) is 12.4 Å². The van der Waals surface area contributed by atoms with Crippen molar-refractivity contribution in [1.29, 1.82) is 0 Å². The van der Waals surface area contributed by atoms with Crippen LogP contribution in [0.3, 0.4) is 0 Å². The van der Waals surface area contributed by atoms with Crippen LogP contribution in [-0.2, 0) is 0 Å². The van der Waals surface area contributed by atoms with Gasteiger partial charge in [-0.25, -0.2) is 9.97 Å². The number of carbonyl (C=O) groups excluding carboxylic acids is 1. The quantitative estimate of drug-likeness (QED) is 0.736. The Morgan fingerprint density at radius 1 is 1.50 bits per heavy atom. The van der Waals surface area contributed by atoms with Gasteiger partial charge in [-0.05, 0) is 12.3 Å². The van der Waals surface area contributed by atoms with Gasteiger partial charge in [0, 0.05) is 25.5 Å². The van der Waals surface area contributed by atoms with Gasteiger partial charge in [0.15, 0.2) is 6.29 Å². The van der Waals surface area contributed by atoms with Gasteiger partial charge in [0.1, 0.15) is 0 Å². The minimum atomic E-state index is -0.231. The molecule has 0 radical (unpaired) electrons. The lowest BCUT2D eigenvalue weighted by Gasteiger charge is -2.34. The van der Waals surface area contributed by atoms with Crippen molar-refractivity contribution in [3.8, 4) is 0 Å². The van der Waals surface area contributed by atoms with Crippen LogP contribution >= 0.6 is 0 Å². The molecule has 0 amide bonds. The highest BCUT2D eigenvalue weighted by Gasteiger charge is 2.25. The molecule has 86 valence electrons. The molecule has 5 nitrogen and oxygen atoms in total. The Labute approximate surface area is 94.1 Å². The average Bonchev–Trinajstić information content (AvgIpc) is 2.33. The largest absolute Gasteiger partial charge is 0.393 e. The first-order valence-corrected chi connectivity index (χ1v) is 5.41. The number of nitrogens with zero attached hydrogens (tertiary/aromatic N) is 3. The summed E-state index contributed by atoms with van der Waals surface area (Å²) < 4.78 is 0. The Balaban J connectivity index is 2.09. The van der Waals surface area contributed by atoms with Gasteiger partial charge in [0.05, 0.1) is 11.7 Å². The second kappa shape index (κ2) is 4.57. The van der Waals surface area contributed by atoms with Crippen molar-refractivity contribution in [1.82, 2.24) is 9.97 Å². The normalized spacial score (nSPS) is 25.5. The first-order valence-electron chi connectivity index (χ1n) is 5.41. The molecule has 2 rings (SSSR count). The number of rotatable bonds is 2. The number of aliphatic hydroxyl groups is 1. The summed E-state index contributed by atoms with van der Waals surface area (Å²) in [6.07, 6.45) is 4.27. The third kappa shape index (κ3) is 2.19. The maximum absolute atomic E-state index is 10.5. The van der Waals surface area contributed by atoms with Crippen LogP contribution in [0.4, 0.5) is 5.95 Å². The topological polar surface area (TPSA) is 66.3 Å². The molecule has 5 heteroatoms. The third-order valence-corrected chi connectivity index (χ3v) is 2.94. The number of anilines is 1. The van der Waals surface area contributed by atoms with Crippen LogP contribution < -0.4 is 4.90 Å². The van der Waals surface area contributed by atoms with Gasteiger partial charge in [-0.1, -0.05) is 6.92 Å². The molecule has 1 N–H and O–H groups in total. The second-order valence-corrected chi connectivity index (χ2v) is 4.21. The van der Waals surface area contributed by atoms with Crippen LogP contribution in [0.2, 0.25) is 0 Å². The fourth-order valence-electron chi connectivity index (χ4n) is 1.87. The molecule has 0 aromatic carbocycles. The smallest absolute Gasteiger partial charge is 0.225 e. The second-order valence-electron chi connectivity index (χ2n) is 4.21. The van der Waals surface area contributed by atoms with E-state index in [1.54, 1.807) is 0 Å². The van der Waals surface area contributed by atoms with E-state index < -0.39 is 0 Å². The lowest BCUT2D eigenvalue weighted by molar-refractivity contribution is 0.0966. The highest BCUT2D eigenvalue weighted by Crippen LogP contribution is 2.19. The molecular formula is C11H15N3O2. The number of aromatic nitrogens is 2. The van der Waals surface area contributed by atoms with Crippen molar-refractivity contribution in [3.05, 3.63) is 18.0 Å². The Bertz CT molecular complexity index is 366. The summed E-state index contributed by atoms with van der Waals surface area (Å²) in [5.41, 5.74) is 0.480. The minimum absolute atomic E-state index is 0.225. The Morgan fingerprint density at radius 2 is 2.19 bits per heavy atom. The third-order valence-electron chi connectivity index (χ3n) is 2.94. The molecule has 2 atom stereocenters. The van der Waals surface area contributed by atoms with Crippen molar-refractivity contribution in [2.75, 3.05) is 18.0 Å². The number of hydrogen-bond acceptors (Lipinski definition) is 5. The summed E-state index contributed by atoms with van der Waals surface area (Å²) in [7, 11) is 0. The predicted molar refractivity (Wildman–Crippen MR) is 59.4 cm³/mol. The molecule has 0 spiro atoms. The molecular weight excluding hydrogens is 206 g/mol. The SMILES string of the molecule is CC1CN(c2ncc(C=O)cn2)CCC1O. The Morgan fingerprint density at radius 3 is 2.75 bits per heavy atom. The fourth-order valence-corrected chi connectivity index (χ4v) is 1.87. The van der Waals surface area contributed by atoms with E-state index in [1.807, 2.05) is 11.8 Å². The molecule has 2 unspecified atom stereocenters. The maximum Gasteiger partial charge on any atom is 0.225 e. The molecule has 16 heavy (non-hydrogen) atoms. The van der Waals surface area contributed by atoms with Gasteiger partial charge >= 0.3 is 0 Å². The lowest BCUT2D eigenvalue weighted by Crippen LogP contribution is -2.42. The number of carbonyl (C=O) groups is 1.